The summed E-state index contributed by atoms with van der Waals surface area (Å²) in [6, 6.07) is 0. The normalized spacial score (nSPS) is 12.4. The summed E-state index contributed by atoms with van der Waals surface area (Å²) in [4.78, 5) is 0. The van der Waals surface area contributed by atoms with Crippen molar-refractivity contribution in [3.8, 4) is 0 Å². The van der Waals surface area contributed by atoms with Crippen LogP contribution in [0.5, 0.6) is 0 Å². The highest BCUT2D eigenvalue weighted by atomic mass is 35.5. The number of rotatable bonds is 0. The molecular formula is C3H6Cl2. The van der Waals surface area contributed by atoms with E-state index in [4.69, 9.17) is 11.6 Å². The van der Waals surface area contributed by atoms with E-state index >= 15 is 0 Å². The van der Waals surface area contributed by atoms with Gasteiger partial charge in [-0.1, -0.05) is 11.6 Å². The Morgan fingerprint density at radius 3 is 1.80 bits per heavy atom. The molecule has 0 aromatic heterocycles. The number of hydrogen-bond acceptors (Lipinski definition) is 0. The van der Waals surface area contributed by atoms with E-state index in [1.54, 1.807) is 0 Å². The fourth-order valence-electron chi connectivity index (χ4n) is 0. The molecule has 1 atom stereocenters. The van der Waals surface area contributed by atoms with Gasteiger partial charge in [0.2, 0.25) is 0 Å². The van der Waals surface area contributed by atoms with Gasteiger partial charge in [-0.3, -0.25) is 0 Å². The van der Waals surface area contributed by atoms with Crippen LogP contribution in [0, 0.1) is 6.92 Å². The van der Waals surface area contributed by atoms with Gasteiger partial charge in [-0.05, 0) is 6.92 Å². The van der Waals surface area contributed by atoms with E-state index in [1.165, 1.54) is 0 Å². The highest BCUT2D eigenvalue weighted by Gasteiger charge is 1.82. The molecule has 0 aromatic rings. The molecule has 0 aliphatic rings. The lowest BCUT2D eigenvalue weighted by Crippen LogP contribution is -3.00. The second-order valence-electron chi connectivity index (χ2n) is 0.781. The van der Waals surface area contributed by atoms with Gasteiger partial charge >= 0.3 is 0 Å². The maximum Gasteiger partial charge on any atom is 0.165 e. The first kappa shape index (κ1) is 9.07. The minimum atomic E-state index is 0. The van der Waals surface area contributed by atoms with Gasteiger partial charge < -0.3 is 12.4 Å². The SMILES string of the molecule is [CH2+]C(C)Cl.[Cl-]. The number of hydrogen-bond donors (Lipinski definition) is 0. The van der Waals surface area contributed by atoms with Crippen molar-refractivity contribution in [2.75, 3.05) is 0 Å². The lowest BCUT2D eigenvalue weighted by atomic mass is 10.6. The van der Waals surface area contributed by atoms with E-state index < -0.39 is 0 Å². The van der Waals surface area contributed by atoms with Crippen LogP contribution in [0.3, 0.4) is 0 Å². The first-order valence-corrected chi connectivity index (χ1v) is 1.64. The van der Waals surface area contributed by atoms with E-state index in [0.717, 1.165) is 0 Å². The second-order valence-corrected chi connectivity index (χ2v) is 1.53. The predicted octanol–water partition coefficient (Wildman–Crippen LogP) is -1.55. The smallest absolute Gasteiger partial charge is 0.165 e. The number of halogens is 2. The zero-order valence-electron chi connectivity index (χ0n) is 3.04. The molecule has 0 saturated carbocycles. The Morgan fingerprint density at radius 1 is 1.80 bits per heavy atom. The average Bonchev–Trinajstić information content (AvgIpc) is 0.811. The summed E-state index contributed by atoms with van der Waals surface area (Å²) < 4.78 is 0. The van der Waals surface area contributed by atoms with Gasteiger partial charge in [0.05, 0.1) is 6.92 Å². The van der Waals surface area contributed by atoms with Crippen molar-refractivity contribution < 1.29 is 12.4 Å². The van der Waals surface area contributed by atoms with Crippen LogP contribution in [0.15, 0.2) is 0 Å². The Balaban J connectivity index is 0. The maximum atomic E-state index is 5.16. The summed E-state index contributed by atoms with van der Waals surface area (Å²) >= 11 is 5.16. The van der Waals surface area contributed by atoms with Crippen LogP contribution in [0.4, 0.5) is 0 Å². The maximum absolute atomic E-state index is 5.16. The van der Waals surface area contributed by atoms with Crippen molar-refractivity contribution in [2.24, 2.45) is 0 Å². The van der Waals surface area contributed by atoms with Crippen molar-refractivity contribution in [2.45, 2.75) is 12.3 Å². The van der Waals surface area contributed by atoms with Gasteiger partial charge in [0.1, 0.15) is 0 Å². The van der Waals surface area contributed by atoms with Crippen LogP contribution in [0.1, 0.15) is 6.92 Å². The molecular weight excluding hydrogens is 107 g/mol. The van der Waals surface area contributed by atoms with Crippen molar-refractivity contribution in [1.82, 2.24) is 0 Å². The highest BCUT2D eigenvalue weighted by molar-refractivity contribution is 6.20. The second kappa shape index (κ2) is 4.45. The van der Waals surface area contributed by atoms with Crippen LogP contribution in [-0.2, 0) is 0 Å². The molecule has 5 heavy (non-hydrogen) atoms. The molecule has 0 amide bonds. The molecule has 0 heterocycles. The third-order valence-corrected chi connectivity index (χ3v) is 0. The molecule has 0 spiro atoms. The van der Waals surface area contributed by atoms with Gasteiger partial charge in [0.25, 0.3) is 0 Å². The summed E-state index contributed by atoms with van der Waals surface area (Å²) in [5, 5.41) is 0.0556. The fourth-order valence-corrected chi connectivity index (χ4v) is 0. The molecule has 0 rings (SSSR count). The van der Waals surface area contributed by atoms with E-state index in [1.807, 2.05) is 6.92 Å². The third-order valence-electron chi connectivity index (χ3n) is 0. The average molecular weight is 113 g/mol. The van der Waals surface area contributed by atoms with Crippen LogP contribution >= 0.6 is 11.6 Å². The lowest BCUT2D eigenvalue weighted by Gasteiger charge is -1.65. The summed E-state index contributed by atoms with van der Waals surface area (Å²) in [6.07, 6.45) is 0. The van der Waals surface area contributed by atoms with E-state index in [2.05, 4.69) is 6.92 Å². The van der Waals surface area contributed by atoms with Crippen molar-refractivity contribution in [3.05, 3.63) is 6.92 Å². The molecule has 2 heteroatoms. The van der Waals surface area contributed by atoms with Gasteiger partial charge in [-0.15, -0.1) is 0 Å². The molecule has 0 radical (unpaired) electrons. The molecule has 32 valence electrons. The van der Waals surface area contributed by atoms with E-state index in [-0.39, 0.29) is 17.8 Å². The van der Waals surface area contributed by atoms with Gasteiger partial charge in [0, 0.05) is 0 Å². The standard InChI is InChI=1S/C3H6Cl.ClH/c1-3(2)4;/h3H,1H2,2H3;1H/q+1;/p-1. The first-order chi connectivity index (χ1) is 1.73. The molecule has 0 nitrogen and oxygen atoms in total. The highest BCUT2D eigenvalue weighted by Crippen LogP contribution is 1.83. The van der Waals surface area contributed by atoms with Crippen LogP contribution in [0.25, 0.3) is 0 Å². The monoisotopic (exact) mass is 112 g/mol. The van der Waals surface area contributed by atoms with Crippen molar-refractivity contribution >= 4 is 11.6 Å². The number of alkyl halides is 1. The fraction of sp³-hybridized carbons (Fsp3) is 0.667. The predicted molar refractivity (Wildman–Crippen MR) is 20.7 cm³/mol. The molecule has 0 fully saturated rings. The van der Waals surface area contributed by atoms with Gasteiger partial charge in [-0.25, -0.2) is 0 Å². The van der Waals surface area contributed by atoms with E-state index in [0.29, 0.717) is 0 Å². The third kappa shape index (κ3) is 132. The zero-order chi connectivity index (χ0) is 3.58. The summed E-state index contributed by atoms with van der Waals surface area (Å²) in [6.45, 7) is 5.23. The van der Waals surface area contributed by atoms with Crippen LogP contribution in [0.2, 0.25) is 0 Å². The lowest BCUT2D eigenvalue weighted by molar-refractivity contribution is -0.000000886. The Hall–Kier alpha value is 0.450. The Morgan fingerprint density at radius 2 is 1.80 bits per heavy atom. The Labute approximate surface area is 43.9 Å². The Bertz CT molecular complexity index is 9.61. The topological polar surface area (TPSA) is 0 Å². The van der Waals surface area contributed by atoms with Gasteiger partial charge in [0.15, 0.2) is 5.38 Å². The van der Waals surface area contributed by atoms with Crippen molar-refractivity contribution in [1.29, 1.82) is 0 Å². The molecule has 0 aromatic carbocycles. The molecule has 0 N–H and O–H groups in total. The summed E-state index contributed by atoms with van der Waals surface area (Å²) in [7, 11) is 0. The molecule has 0 aliphatic carbocycles. The van der Waals surface area contributed by atoms with Gasteiger partial charge in [-0.2, -0.15) is 0 Å². The van der Waals surface area contributed by atoms with E-state index in [9.17, 15) is 0 Å². The summed E-state index contributed by atoms with van der Waals surface area (Å²) in [5.41, 5.74) is 0. The summed E-state index contributed by atoms with van der Waals surface area (Å²) in [5.74, 6) is 0. The molecule has 1 unspecified atom stereocenters. The zero-order valence-corrected chi connectivity index (χ0v) is 4.55. The largest absolute Gasteiger partial charge is 1.00 e. The first-order valence-electron chi connectivity index (χ1n) is 1.20. The Kier molecular flexibility index (Phi) is 8.07. The molecule has 0 aliphatic heterocycles. The van der Waals surface area contributed by atoms with Crippen molar-refractivity contribution in [3.63, 3.8) is 0 Å². The van der Waals surface area contributed by atoms with Crippen LogP contribution < -0.4 is 12.4 Å². The minimum absolute atomic E-state index is 0. The molecule has 0 saturated heterocycles. The minimum Gasteiger partial charge on any atom is -1.00 e. The molecule has 0 bridgehead atoms. The quantitative estimate of drug-likeness (QED) is 0.263. The van der Waals surface area contributed by atoms with Crippen LogP contribution in [-0.4, -0.2) is 5.38 Å².